The van der Waals surface area contributed by atoms with E-state index in [9.17, 15) is 14.4 Å². The highest BCUT2D eigenvalue weighted by Gasteiger charge is 2.13. The molecule has 2 aromatic heterocycles. The SMILES string of the molecule is CCOC(=O)c1ccc(-n2cc(Cc3cncnc3)c(=O)nc2SCCCCCCCC(=O)c2ccc(C)cc2)cc1. The fourth-order valence-electron chi connectivity index (χ4n) is 4.47. The molecule has 8 nitrogen and oxygen atoms in total. The molecule has 9 heteroatoms. The Balaban J connectivity index is 1.35. The minimum absolute atomic E-state index is 0.202. The summed E-state index contributed by atoms with van der Waals surface area (Å²) in [7, 11) is 0. The Morgan fingerprint density at radius 2 is 1.55 bits per heavy atom. The summed E-state index contributed by atoms with van der Waals surface area (Å²) in [6.45, 7) is 4.10. The fourth-order valence-corrected chi connectivity index (χ4v) is 5.44. The van der Waals surface area contributed by atoms with Crippen LogP contribution in [-0.4, -0.2) is 43.6 Å². The second kappa shape index (κ2) is 15.8. The van der Waals surface area contributed by atoms with Crippen molar-refractivity contribution in [3.63, 3.8) is 0 Å². The van der Waals surface area contributed by atoms with Gasteiger partial charge in [0.15, 0.2) is 10.9 Å². The number of rotatable bonds is 15. The predicted molar refractivity (Wildman–Crippen MR) is 165 cm³/mol. The Bertz CT molecular complexity index is 1520. The van der Waals surface area contributed by atoms with E-state index in [4.69, 9.17) is 4.74 Å². The van der Waals surface area contributed by atoms with Crippen molar-refractivity contribution in [3.8, 4) is 5.69 Å². The molecule has 0 atom stereocenters. The van der Waals surface area contributed by atoms with Gasteiger partial charge in [0.05, 0.1) is 12.2 Å². The van der Waals surface area contributed by atoms with E-state index in [1.807, 2.05) is 54.1 Å². The second-order valence-corrected chi connectivity index (χ2v) is 11.1. The molecule has 0 N–H and O–H groups in total. The largest absolute Gasteiger partial charge is 0.462 e. The molecule has 4 aromatic rings. The van der Waals surface area contributed by atoms with Crippen LogP contribution < -0.4 is 5.56 Å². The zero-order chi connectivity index (χ0) is 29.7. The number of hydrogen-bond donors (Lipinski definition) is 0. The van der Waals surface area contributed by atoms with E-state index in [2.05, 4.69) is 15.0 Å². The van der Waals surface area contributed by atoms with Gasteiger partial charge in [-0.1, -0.05) is 60.9 Å². The highest BCUT2D eigenvalue weighted by molar-refractivity contribution is 7.99. The number of thioether (sulfide) groups is 1. The molecule has 0 saturated carbocycles. The van der Waals surface area contributed by atoms with Crippen LogP contribution in [0.4, 0.5) is 0 Å². The molecule has 218 valence electrons. The van der Waals surface area contributed by atoms with Gasteiger partial charge in [-0.2, -0.15) is 4.98 Å². The second-order valence-electron chi connectivity index (χ2n) is 10.1. The summed E-state index contributed by atoms with van der Waals surface area (Å²) in [5.41, 5.74) is 4.27. The quantitative estimate of drug-likeness (QED) is 0.0519. The molecule has 0 fully saturated rings. The monoisotopic (exact) mass is 584 g/mol. The molecule has 2 heterocycles. The number of unbranched alkanes of at least 4 members (excludes halogenated alkanes) is 4. The summed E-state index contributed by atoms with van der Waals surface area (Å²) >= 11 is 1.54. The van der Waals surface area contributed by atoms with Crippen LogP contribution in [0.15, 0.2) is 83.4 Å². The van der Waals surface area contributed by atoms with Crippen LogP contribution in [0.25, 0.3) is 5.69 Å². The first-order valence-corrected chi connectivity index (χ1v) is 15.3. The van der Waals surface area contributed by atoms with Crippen LogP contribution in [-0.2, 0) is 11.2 Å². The number of ether oxygens (including phenoxy) is 1. The first-order valence-electron chi connectivity index (χ1n) is 14.3. The van der Waals surface area contributed by atoms with E-state index in [0.29, 0.717) is 35.7 Å². The molecule has 42 heavy (non-hydrogen) atoms. The highest BCUT2D eigenvalue weighted by atomic mass is 32.2. The molecule has 0 bridgehead atoms. The van der Waals surface area contributed by atoms with Crippen molar-refractivity contribution in [3.05, 3.63) is 112 Å². The number of nitrogens with zero attached hydrogens (tertiary/aromatic N) is 4. The average molecular weight is 585 g/mol. The number of carbonyl (C=O) groups excluding carboxylic acids is 2. The molecule has 0 aliphatic heterocycles. The molecule has 0 radical (unpaired) electrons. The van der Waals surface area contributed by atoms with E-state index in [1.54, 1.807) is 31.5 Å². The van der Waals surface area contributed by atoms with Crippen molar-refractivity contribution in [1.82, 2.24) is 19.5 Å². The lowest BCUT2D eigenvalue weighted by Gasteiger charge is -2.14. The lowest BCUT2D eigenvalue weighted by Crippen LogP contribution is -2.19. The summed E-state index contributed by atoms with van der Waals surface area (Å²) in [5.74, 6) is 0.635. The summed E-state index contributed by atoms with van der Waals surface area (Å²) < 4.78 is 7.00. The summed E-state index contributed by atoms with van der Waals surface area (Å²) in [5, 5.41) is 0.598. The molecule has 0 aliphatic carbocycles. The Morgan fingerprint density at radius 1 is 0.881 bits per heavy atom. The molecule has 2 aromatic carbocycles. The zero-order valence-corrected chi connectivity index (χ0v) is 24.9. The van der Waals surface area contributed by atoms with Gasteiger partial charge in [0, 0.05) is 54.0 Å². The maximum atomic E-state index is 13.0. The topological polar surface area (TPSA) is 104 Å². The van der Waals surface area contributed by atoms with Crippen LogP contribution in [0, 0.1) is 6.92 Å². The van der Waals surface area contributed by atoms with E-state index in [-0.39, 0.29) is 17.3 Å². The third-order valence-electron chi connectivity index (χ3n) is 6.78. The smallest absolute Gasteiger partial charge is 0.338 e. The van der Waals surface area contributed by atoms with Crippen LogP contribution in [0.1, 0.15) is 82.9 Å². The molecule has 4 rings (SSSR count). The number of aryl methyl sites for hydroxylation is 1. The summed E-state index contributed by atoms with van der Waals surface area (Å²) in [4.78, 5) is 50.0. The maximum absolute atomic E-state index is 13.0. The molecule has 0 aliphatic rings. The van der Waals surface area contributed by atoms with Crippen molar-refractivity contribution in [2.75, 3.05) is 12.4 Å². The third kappa shape index (κ3) is 8.94. The van der Waals surface area contributed by atoms with Crippen LogP contribution in [0.5, 0.6) is 0 Å². The first-order chi connectivity index (χ1) is 20.4. The van der Waals surface area contributed by atoms with Gasteiger partial charge in [-0.15, -0.1) is 0 Å². The summed E-state index contributed by atoms with van der Waals surface area (Å²) in [6, 6.07) is 14.8. The molecule has 0 spiro atoms. The van der Waals surface area contributed by atoms with Gasteiger partial charge in [-0.25, -0.2) is 14.8 Å². The van der Waals surface area contributed by atoms with Gasteiger partial charge in [-0.3, -0.25) is 14.2 Å². The average Bonchev–Trinajstić information content (AvgIpc) is 3.00. The van der Waals surface area contributed by atoms with Crippen molar-refractivity contribution in [2.45, 2.75) is 63.9 Å². The number of ketones is 1. The van der Waals surface area contributed by atoms with E-state index < -0.39 is 0 Å². The van der Waals surface area contributed by atoms with Crippen molar-refractivity contribution in [2.24, 2.45) is 0 Å². The van der Waals surface area contributed by atoms with Gasteiger partial charge in [0.25, 0.3) is 5.56 Å². The first kappa shape index (κ1) is 30.8. The Labute approximate surface area is 250 Å². The standard InChI is InChI=1S/C33H36N4O4S/c1-3-41-32(40)27-14-16-29(17-15-27)37-22-28(19-25-20-34-23-35-21-25)31(39)36-33(37)42-18-8-6-4-5-7-9-30(38)26-12-10-24(2)11-13-26/h10-17,20-23H,3-9,18-19H2,1-2H3. The molecule has 0 amide bonds. The minimum Gasteiger partial charge on any atom is -0.462 e. The number of benzene rings is 2. The van der Waals surface area contributed by atoms with Gasteiger partial charge >= 0.3 is 5.97 Å². The van der Waals surface area contributed by atoms with Crippen molar-refractivity contribution >= 4 is 23.5 Å². The van der Waals surface area contributed by atoms with Crippen molar-refractivity contribution in [1.29, 1.82) is 0 Å². The van der Waals surface area contributed by atoms with Gasteiger partial charge in [-0.05, 0) is 56.5 Å². The zero-order valence-electron chi connectivity index (χ0n) is 24.1. The highest BCUT2D eigenvalue weighted by Crippen LogP contribution is 2.23. The maximum Gasteiger partial charge on any atom is 0.338 e. The molecular formula is C33H36N4O4S. The normalized spacial score (nSPS) is 10.9. The van der Waals surface area contributed by atoms with Crippen LogP contribution >= 0.6 is 11.8 Å². The minimum atomic E-state index is -0.374. The van der Waals surface area contributed by atoms with Crippen LogP contribution in [0.2, 0.25) is 0 Å². The van der Waals surface area contributed by atoms with Crippen LogP contribution in [0.3, 0.4) is 0 Å². The van der Waals surface area contributed by atoms with E-state index >= 15 is 0 Å². The van der Waals surface area contributed by atoms with E-state index in [1.165, 1.54) is 18.1 Å². The fraction of sp³-hybridized carbons (Fsp3) is 0.333. The Kier molecular flexibility index (Phi) is 11.6. The predicted octanol–water partition coefficient (Wildman–Crippen LogP) is 6.41. The lowest BCUT2D eigenvalue weighted by molar-refractivity contribution is 0.0526. The van der Waals surface area contributed by atoms with E-state index in [0.717, 1.165) is 60.2 Å². The Hall–Kier alpha value is -4.11. The van der Waals surface area contributed by atoms with Crippen molar-refractivity contribution < 1.29 is 14.3 Å². The molecule has 0 saturated heterocycles. The number of hydrogen-bond acceptors (Lipinski definition) is 8. The van der Waals surface area contributed by atoms with Gasteiger partial charge in [0.2, 0.25) is 0 Å². The van der Waals surface area contributed by atoms with Gasteiger partial charge < -0.3 is 4.74 Å². The third-order valence-corrected chi connectivity index (χ3v) is 7.82. The number of Topliss-reactive ketones (excluding diaryl/α,β-unsaturated/α-hetero) is 1. The number of aromatic nitrogens is 4. The van der Waals surface area contributed by atoms with Gasteiger partial charge in [0.1, 0.15) is 6.33 Å². The number of carbonyl (C=O) groups is 2. The Morgan fingerprint density at radius 3 is 2.26 bits per heavy atom. The molecule has 0 unspecified atom stereocenters. The molecular weight excluding hydrogens is 548 g/mol. The number of esters is 1. The summed E-state index contributed by atoms with van der Waals surface area (Å²) in [6.07, 6.45) is 12.5. The lowest BCUT2D eigenvalue weighted by atomic mass is 10.0.